The van der Waals surface area contributed by atoms with E-state index in [1.54, 1.807) is 17.3 Å². The average molecular weight is 272 g/mol. The van der Waals surface area contributed by atoms with Crippen LogP contribution < -0.4 is 0 Å². The van der Waals surface area contributed by atoms with E-state index >= 15 is 0 Å². The molecule has 21 heavy (non-hydrogen) atoms. The zero-order chi connectivity index (χ0) is 14.1. The largest absolute Gasteiger partial charge is 0.208 e. The predicted molar refractivity (Wildman–Crippen MR) is 84.5 cm³/mol. The van der Waals surface area contributed by atoms with Crippen molar-refractivity contribution >= 4 is 27.8 Å². The van der Waals surface area contributed by atoms with Crippen LogP contribution in [0.4, 0.5) is 0 Å². The molecule has 4 rings (SSSR count). The summed E-state index contributed by atoms with van der Waals surface area (Å²) in [6.07, 6.45) is 5.02. The molecule has 1 aromatic heterocycles. The highest BCUT2D eigenvalue weighted by Crippen LogP contribution is 2.27. The van der Waals surface area contributed by atoms with E-state index in [9.17, 15) is 0 Å². The van der Waals surface area contributed by atoms with Crippen molar-refractivity contribution < 1.29 is 0 Å². The van der Waals surface area contributed by atoms with Crippen LogP contribution in [0.1, 0.15) is 5.56 Å². The van der Waals surface area contributed by atoms with Gasteiger partial charge in [0.05, 0.1) is 6.21 Å². The fraction of sp³-hybridized carbons (Fsp3) is 0. The summed E-state index contributed by atoms with van der Waals surface area (Å²) in [6, 6.07) is 18.9. The molecule has 0 unspecified atom stereocenters. The van der Waals surface area contributed by atoms with Crippen LogP contribution in [0.5, 0.6) is 0 Å². The van der Waals surface area contributed by atoms with Crippen molar-refractivity contribution in [1.82, 2.24) is 14.9 Å². The molecule has 0 saturated heterocycles. The molecular weight excluding hydrogens is 260 g/mol. The Balaban J connectivity index is 2.02. The second-order valence-electron chi connectivity index (χ2n) is 4.82. The normalized spacial score (nSPS) is 11.6. The van der Waals surface area contributed by atoms with Crippen molar-refractivity contribution in [2.24, 2.45) is 5.10 Å². The Morgan fingerprint density at radius 3 is 2.00 bits per heavy atom. The second kappa shape index (κ2) is 4.83. The Morgan fingerprint density at radius 1 is 0.810 bits per heavy atom. The molecule has 3 aromatic carbocycles. The summed E-state index contributed by atoms with van der Waals surface area (Å²) in [6.45, 7) is 0. The zero-order valence-electron chi connectivity index (χ0n) is 11.2. The lowest BCUT2D eigenvalue weighted by Gasteiger charge is -2.07. The van der Waals surface area contributed by atoms with Gasteiger partial charge in [-0.05, 0) is 27.6 Å². The fourth-order valence-corrected chi connectivity index (χ4v) is 2.57. The fourth-order valence-electron chi connectivity index (χ4n) is 2.57. The van der Waals surface area contributed by atoms with Crippen LogP contribution in [0.3, 0.4) is 0 Å². The van der Waals surface area contributed by atoms with E-state index in [-0.39, 0.29) is 0 Å². The van der Waals surface area contributed by atoms with Gasteiger partial charge in [-0.2, -0.15) is 5.10 Å². The van der Waals surface area contributed by atoms with Crippen LogP contribution in [-0.4, -0.2) is 21.1 Å². The second-order valence-corrected chi connectivity index (χ2v) is 4.82. The standard InChI is InChI=1S/C17H12N4/c1-3-7-15-13(5-1)9-14-6-2-4-8-16(14)17(15)10-20-21-11-18-19-12-21/h1-12H/b20-10-. The molecule has 0 N–H and O–H groups in total. The lowest BCUT2D eigenvalue weighted by Crippen LogP contribution is -1.91. The first-order valence-electron chi connectivity index (χ1n) is 6.71. The highest BCUT2D eigenvalue weighted by atomic mass is 15.4. The Hall–Kier alpha value is -3.01. The smallest absolute Gasteiger partial charge is 0.141 e. The molecule has 100 valence electrons. The third-order valence-electron chi connectivity index (χ3n) is 3.54. The van der Waals surface area contributed by atoms with Crippen molar-refractivity contribution in [3.05, 3.63) is 72.8 Å². The van der Waals surface area contributed by atoms with E-state index in [4.69, 9.17) is 0 Å². The quantitative estimate of drug-likeness (QED) is 0.414. The van der Waals surface area contributed by atoms with Crippen LogP contribution in [0.2, 0.25) is 0 Å². The first kappa shape index (κ1) is 11.8. The number of benzene rings is 3. The number of aromatic nitrogens is 3. The van der Waals surface area contributed by atoms with E-state index < -0.39 is 0 Å². The molecule has 0 fully saturated rings. The zero-order valence-corrected chi connectivity index (χ0v) is 11.2. The summed E-state index contributed by atoms with van der Waals surface area (Å²) < 4.78 is 1.59. The van der Waals surface area contributed by atoms with Gasteiger partial charge in [0.15, 0.2) is 0 Å². The molecule has 4 aromatic rings. The summed E-state index contributed by atoms with van der Waals surface area (Å²) in [5.41, 5.74) is 1.11. The van der Waals surface area contributed by atoms with Crippen molar-refractivity contribution in [3.8, 4) is 0 Å². The van der Waals surface area contributed by atoms with Crippen molar-refractivity contribution in [1.29, 1.82) is 0 Å². The molecule has 0 spiro atoms. The topological polar surface area (TPSA) is 43.1 Å². The highest BCUT2D eigenvalue weighted by Gasteiger charge is 2.05. The van der Waals surface area contributed by atoms with Gasteiger partial charge in [0.2, 0.25) is 0 Å². The van der Waals surface area contributed by atoms with Gasteiger partial charge < -0.3 is 0 Å². The minimum absolute atomic E-state index is 1.11. The van der Waals surface area contributed by atoms with Crippen LogP contribution in [0, 0.1) is 0 Å². The third-order valence-corrected chi connectivity index (χ3v) is 3.54. The van der Waals surface area contributed by atoms with E-state index in [0.717, 1.165) is 5.56 Å². The Morgan fingerprint density at radius 2 is 1.38 bits per heavy atom. The molecule has 0 aliphatic heterocycles. The van der Waals surface area contributed by atoms with Crippen LogP contribution >= 0.6 is 0 Å². The SMILES string of the molecule is C(=N/n1cnnc1)/c1c2ccccc2cc2ccccc12. The maximum atomic E-state index is 4.40. The maximum Gasteiger partial charge on any atom is 0.141 e. The average Bonchev–Trinajstić information content (AvgIpc) is 3.05. The van der Waals surface area contributed by atoms with E-state index in [0.29, 0.717) is 0 Å². The minimum Gasteiger partial charge on any atom is -0.208 e. The minimum atomic E-state index is 1.11. The molecule has 1 heterocycles. The monoisotopic (exact) mass is 272 g/mol. The van der Waals surface area contributed by atoms with E-state index in [2.05, 4.69) is 57.8 Å². The van der Waals surface area contributed by atoms with Crippen molar-refractivity contribution in [2.45, 2.75) is 0 Å². The van der Waals surface area contributed by atoms with Crippen LogP contribution in [-0.2, 0) is 0 Å². The van der Waals surface area contributed by atoms with Crippen LogP contribution in [0.25, 0.3) is 21.5 Å². The summed E-state index contributed by atoms with van der Waals surface area (Å²) in [5, 5.41) is 16.7. The van der Waals surface area contributed by atoms with Gasteiger partial charge >= 0.3 is 0 Å². The Labute approximate surface area is 121 Å². The lowest BCUT2D eigenvalue weighted by atomic mass is 9.97. The number of nitrogens with zero attached hydrogens (tertiary/aromatic N) is 4. The van der Waals surface area contributed by atoms with Gasteiger partial charge in [0.1, 0.15) is 12.7 Å². The Kier molecular flexibility index (Phi) is 2.71. The van der Waals surface area contributed by atoms with Gasteiger partial charge in [0, 0.05) is 5.56 Å². The van der Waals surface area contributed by atoms with Crippen molar-refractivity contribution in [3.63, 3.8) is 0 Å². The number of rotatable bonds is 2. The van der Waals surface area contributed by atoms with Gasteiger partial charge in [-0.3, -0.25) is 0 Å². The number of hydrogen-bond donors (Lipinski definition) is 0. The summed E-state index contributed by atoms with van der Waals surface area (Å²) in [7, 11) is 0. The summed E-state index contributed by atoms with van der Waals surface area (Å²) >= 11 is 0. The molecule has 0 bridgehead atoms. The molecule has 0 aliphatic carbocycles. The highest BCUT2D eigenvalue weighted by molar-refractivity contribution is 6.13. The lowest BCUT2D eigenvalue weighted by molar-refractivity contribution is 0.879. The number of hydrogen-bond acceptors (Lipinski definition) is 3. The van der Waals surface area contributed by atoms with Crippen molar-refractivity contribution in [2.75, 3.05) is 0 Å². The van der Waals surface area contributed by atoms with Crippen LogP contribution in [0.15, 0.2) is 72.4 Å². The molecule has 0 radical (unpaired) electrons. The first-order valence-corrected chi connectivity index (χ1v) is 6.71. The van der Waals surface area contributed by atoms with Gasteiger partial charge in [-0.25, -0.2) is 4.68 Å². The molecular formula is C17H12N4. The first-order chi connectivity index (χ1) is 10.4. The molecule has 0 atom stereocenters. The predicted octanol–water partition coefficient (Wildman–Crippen LogP) is 3.47. The molecule has 0 amide bonds. The molecule has 4 heteroatoms. The molecule has 0 saturated carbocycles. The number of fused-ring (bicyclic) bond motifs is 2. The van der Waals surface area contributed by atoms with E-state index in [1.165, 1.54) is 21.5 Å². The summed E-state index contributed by atoms with van der Waals surface area (Å²) in [4.78, 5) is 0. The van der Waals surface area contributed by atoms with E-state index in [1.807, 2.05) is 18.3 Å². The third kappa shape index (κ3) is 2.07. The summed E-state index contributed by atoms with van der Waals surface area (Å²) in [5.74, 6) is 0. The molecule has 4 nitrogen and oxygen atoms in total. The maximum absolute atomic E-state index is 4.40. The molecule has 0 aliphatic rings. The van der Waals surface area contributed by atoms with Gasteiger partial charge in [-0.15, -0.1) is 10.2 Å². The van der Waals surface area contributed by atoms with Gasteiger partial charge in [-0.1, -0.05) is 48.5 Å². The Bertz CT molecular complexity index is 886. The van der Waals surface area contributed by atoms with Gasteiger partial charge in [0.25, 0.3) is 0 Å².